The Balaban J connectivity index is 1.19. The number of thiazole rings is 1. The lowest BCUT2D eigenvalue weighted by Crippen LogP contribution is -2.14. The maximum atomic E-state index is 12.6. The molecule has 2 aromatic carbocycles. The van der Waals surface area contributed by atoms with Crippen LogP contribution in [0.15, 0.2) is 59.1 Å². The van der Waals surface area contributed by atoms with Crippen molar-refractivity contribution in [2.75, 3.05) is 11.1 Å². The molecule has 0 aliphatic heterocycles. The zero-order valence-corrected chi connectivity index (χ0v) is 22.2. The van der Waals surface area contributed by atoms with Gasteiger partial charge in [0.05, 0.1) is 17.6 Å². The van der Waals surface area contributed by atoms with E-state index in [4.69, 9.17) is 16.3 Å². The Morgan fingerprint density at radius 2 is 1.83 bits per heavy atom. The van der Waals surface area contributed by atoms with Crippen molar-refractivity contribution < 1.29 is 9.53 Å². The summed E-state index contributed by atoms with van der Waals surface area (Å²) < 4.78 is 8.09. The van der Waals surface area contributed by atoms with E-state index in [0.29, 0.717) is 28.0 Å². The van der Waals surface area contributed by atoms with Crippen LogP contribution in [0, 0.1) is 0 Å². The Morgan fingerprint density at radius 3 is 2.56 bits per heavy atom. The molecule has 1 saturated carbocycles. The summed E-state index contributed by atoms with van der Waals surface area (Å²) in [5.74, 6) is 1.74. The van der Waals surface area contributed by atoms with E-state index in [1.807, 2.05) is 65.4 Å². The molecule has 36 heavy (non-hydrogen) atoms. The van der Waals surface area contributed by atoms with Crippen molar-refractivity contribution in [1.82, 2.24) is 19.7 Å². The summed E-state index contributed by atoms with van der Waals surface area (Å²) in [5, 5.41) is 15.5. The number of carbonyl (C=O) groups is 1. The fourth-order valence-electron chi connectivity index (χ4n) is 4.15. The summed E-state index contributed by atoms with van der Waals surface area (Å²) in [6.45, 7) is 2.74. The molecule has 1 aliphatic rings. The molecule has 1 N–H and O–H groups in total. The van der Waals surface area contributed by atoms with Gasteiger partial charge in [0.1, 0.15) is 5.75 Å². The average molecular weight is 540 g/mol. The molecule has 10 heteroatoms. The summed E-state index contributed by atoms with van der Waals surface area (Å²) >= 11 is 8.71. The standard InChI is InChI=1S/C26H26ClN5O2S2/c1-2-32-24(18-9-13-21(14-10-18)34-20-5-3-4-6-20)30-31-26(32)36-16-23(33)29-25-28-22(15-35-25)17-7-11-19(27)12-8-17/h7-15,20H,2-6,16H2,1H3,(H,28,29,33). The lowest BCUT2D eigenvalue weighted by atomic mass is 10.2. The summed E-state index contributed by atoms with van der Waals surface area (Å²) in [6.07, 6.45) is 5.08. The zero-order valence-electron chi connectivity index (χ0n) is 19.8. The maximum Gasteiger partial charge on any atom is 0.236 e. The van der Waals surface area contributed by atoms with Crippen LogP contribution < -0.4 is 10.1 Å². The first-order valence-corrected chi connectivity index (χ1v) is 14.2. The summed E-state index contributed by atoms with van der Waals surface area (Å²) in [6, 6.07) is 15.5. The Morgan fingerprint density at radius 1 is 1.11 bits per heavy atom. The van der Waals surface area contributed by atoms with E-state index in [1.165, 1.54) is 35.9 Å². The minimum Gasteiger partial charge on any atom is -0.490 e. The zero-order chi connectivity index (χ0) is 24.9. The summed E-state index contributed by atoms with van der Waals surface area (Å²) in [5.41, 5.74) is 2.72. The minimum absolute atomic E-state index is 0.141. The van der Waals surface area contributed by atoms with Gasteiger partial charge in [0.25, 0.3) is 0 Å². The molecule has 0 spiro atoms. The first-order chi connectivity index (χ1) is 17.6. The molecule has 1 aliphatic carbocycles. The van der Waals surface area contributed by atoms with E-state index in [1.54, 1.807) is 0 Å². The van der Waals surface area contributed by atoms with Gasteiger partial charge in [-0.15, -0.1) is 21.5 Å². The number of carbonyl (C=O) groups excluding carboxylic acids is 1. The third-order valence-electron chi connectivity index (χ3n) is 5.97. The molecule has 186 valence electrons. The predicted octanol–water partition coefficient (Wildman–Crippen LogP) is 6.79. The second-order valence-corrected chi connectivity index (χ2v) is 10.7. The molecule has 1 fully saturated rings. The van der Waals surface area contributed by atoms with Crippen LogP contribution in [0.4, 0.5) is 5.13 Å². The van der Waals surface area contributed by atoms with Gasteiger partial charge in [0.15, 0.2) is 16.1 Å². The number of nitrogens with one attached hydrogen (secondary N) is 1. The molecule has 2 heterocycles. The Hall–Kier alpha value is -2.88. The largest absolute Gasteiger partial charge is 0.490 e. The maximum absolute atomic E-state index is 12.6. The molecule has 0 bridgehead atoms. The van der Waals surface area contributed by atoms with Gasteiger partial charge < -0.3 is 14.6 Å². The molecule has 0 atom stereocenters. The van der Waals surface area contributed by atoms with E-state index in [9.17, 15) is 4.79 Å². The number of hydrogen-bond donors (Lipinski definition) is 1. The molecule has 1 amide bonds. The quantitative estimate of drug-likeness (QED) is 0.236. The number of hydrogen-bond acceptors (Lipinski definition) is 7. The topological polar surface area (TPSA) is 81.9 Å². The van der Waals surface area contributed by atoms with Gasteiger partial charge in [-0.1, -0.05) is 35.5 Å². The molecule has 4 aromatic rings. The fourth-order valence-corrected chi connectivity index (χ4v) is 5.81. The number of benzene rings is 2. The highest BCUT2D eigenvalue weighted by atomic mass is 35.5. The third kappa shape index (κ3) is 5.91. The minimum atomic E-state index is -0.141. The molecule has 2 aromatic heterocycles. The number of anilines is 1. The lowest BCUT2D eigenvalue weighted by Gasteiger charge is -2.13. The Kier molecular flexibility index (Phi) is 7.89. The van der Waals surface area contributed by atoms with Crippen LogP contribution in [0.3, 0.4) is 0 Å². The number of halogens is 1. The van der Waals surface area contributed by atoms with Gasteiger partial charge in [0, 0.05) is 28.1 Å². The molecule has 0 radical (unpaired) electrons. The van der Waals surface area contributed by atoms with Crippen molar-refractivity contribution in [2.45, 2.75) is 50.4 Å². The number of amides is 1. The van der Waals surface area contributed by atoms with E-state index >= 15 is 0 Å². The van der Waals surface area contributed by atoms with Gasteiger partial charge in [0.2, 0.25) is 5.91 Å². The number of nitrogens with zero attached hydrogens (tertiary/aromatic N) is 4. The van der Waals surface area contributed by atoms with E-state index in [2.05, 4.69) is 20.5 Å². The molecular formula is C26H26ClN5O2S2. The van der Waals surface area contributed by atoms with Crippen molar-refractivity contribution >= 4 is 45.7 Å². The Labute approximate surface area is 223 Å². The Bertz CT molecular complexity index is 1320. The van der Waals surface area contributed by atoms with Crippen LogP contribution in [0.2, 0.25) is 5.02 Å². The highest BCUT2D eigenvalue weighted by molar-refractivity contribution is 7.99. The van der Waals surface area contributed by atoms with Crippen molar-refractivity contribution in [3.8, 4) is 28.4 Å². The van der Waals surface area contributed by atoms with Gasteiger partial charge in [-0.25, -0.2) is 4.98 Å². The van der Waals surface area contributed by atoms with Crippen LogP contribution in [0.25, 0.3) is 22.6 Å². The highest BCUT2D eigenvalue weighted by Gasteiger charge is 2.18. The smallest absolute Gasteiger partial charge is 0.236 e. The van der Waals surface area contributed by atoms with Crippen molar-refractivity contribution in [3.05, 3.63) is 58.9 Å². The summed E-state index contributed by atoms with van der Waals surface area (Å²) in [7, 11) is 0. The first kappa shape index (κ1) is 24.8. The van der Waals surface area contributed by atoms with Gasteiger partial charge in [-0.3, -0.25) is 4.79 Å². The monoisotopic (exact) mass is 539 g/mol. The normalized spacial score (nSPS) is 13.7. The van der Waals surface area contributed by atoms with Gasteiger partial charge in [-0.2, -0.15) is 0 Å². The lowest BCUT2D eigenvalue weighted by molar-refractivity contribution is -0.113. The number of aromatic nitrogens is 4. The van der Waals surface area contributed by atoms with Gasteiger partial charge in [-0.05, 0) is 69.0 Å². The predicted molar refractivity (Wildman–Crippen MR) is 146 cm³/mol. The third-order valence-corrected chi connectivity index (χ3v) is 7.95. The van der Waals surface area contributed by atoms with Crippen LogP contribution >= 0.6 is 34.7 Å². The number of rotatable bonds is 9. The average Bonchev–Trinajstić information content (AvgIpc) is 3.65. The second-order valence-electron chi connectivity index (χ2n) is 8.48. The molecule has 5 rings (SSSR count). The molecule has 0 saturated heterocycles. The molecule has 7 nitrogen and oxygen atoms in total. The van der Waals surface area contributed by atoms with Crippen molar-refractivity contribution in [2.24, 2.45) is 0 Å². The molecule has 0 unspecified atom stereocenters. The first-order valence-electron chi connectivity index (χ1n) is 11.9. The molecular weight excluding hydrogens is 514 g/mol. The highest BCUT2D eigenvalue weighted by Crippen LogP contribution is 2.29. The SMILES string of the molecule is CCn1c(SCC(=O)Nc2nc(-c3ccc(Cl)cc3)cs2)nnc1-c1ccc(OC2CCCC2)cc1. The number of thioether (sulfide) groups is 1. The number of ether oxygens (including phenoxy) is 1. The van der Waals surface area contributed by atoms with Crippen molar-refractivity contribution in [3.63, 3.8) is 0 Å². The van der Waals surface area contributed by atoms with E-state index in [-0.39, 0.29) is 11.7 Å². The van der Waals surface area contributed by atoms with E-state index in [0.717, 1.165) is 41.2 Å². The van der Waals surface area contributed by atoms with Crippen LogP contribution in [-0.2, 0) is 11.3 Å². The van der Waals surface area contributed by atoms with Crippen LogP contribution in [0.5, 0.6) is 5.75 Å². The van der Waals surface area contributed by atoms with Crippen LogP contribution in [-0.4, -0.2) is 37.5 Å². The van der Waals surface area contributed by atoms with E-state index < -0.39 is 0 Å². The fraction of sp³-hybridized carbons (Fsp3) is 0.308. The second kappa shape index (κ2) is 11.5. The van der Waals surface area contributed by atoms with Gasteiger partial charge >= 0.3 is 0 Å². The van der Waals surface area contributed by atoms with Crippen LogP contribution in [0.1, 0.15) is 32.6 Å². The summed E-state index contributed by atoms with van der Waals surface area (Å²) in [4.78, 5) is 17.1. The van der Waals surface area contributed by atoms with Crippen molar-refractivity contribution in [1.29, 1.82) is 0 Å².